The number of benzene rings is 1. The predicted molar refractivity (Wildman–Crippen MR) is 108 cm³/mol. The number of rotatable bonds is 5. The first-order chi connectivity index (χ1) is 14.1. The fourth-order valence-electron chi connectivity index (χ4n) is 3.81. The van der Waals surface area contributed by atoms with Crippen LogP contribution in [0, 0.1) is 17.7 Å². The first-order valence-corrected chi connectivity index (χ1v) is 10.1. The van der Waals surface area contributed by atoms with Crippen molar-refractivity contribution in [3.8, 4) is 0 Å². The molecule has 0 spiro atoms. The van der Waals surface area contributed by atoms with Crippen LogP contribution < -0.4 is 10.6 Å². The van der Waals surface area contributed by atoms with Crippen molar-refractivity contribution < 1.29 is 14.0 Å². The molecule has 1 aliphatic carbocycles. The highest BCUT2D eigenvalue weighted by Crippen LogP contribution is 2.41. The van der Waals surface area contributed by atoms with E-state index in [1.54, 1.807) is 35.4 Å². The number of urea groups is 1. The van der Waals surface area contributed by atoms with Crippen LogP contribution in [-0.4, -0.2) is 34.9 Å². The van der Waals surface area contributed by atoms with E-state index in [4.69, 9.17) is 0 Å². The number of pyridine rings is 1. The molecule has 1 aromatic carbocycles. The van der Waals surface area contributed by atoms with Crippen molar-refractivity contribution in [1.82, 2.24) is 15.2 Å². The van der Waals surface area contributed by atoms with E-state index in [-0.39, 0.29) is 29.7 Å². The molecule has 7 heteroatoms. The maximum absolute atomic E-state index is 13.2. The Morgan fingerprint density at radius 2 is 1.76 bits per heavy atom. The Kier molecular flexibility index (Phi) is 5.74. The monoisotopic (exact) mass is 396 g/mol. The van der Waals surface area contributed by atoms with Crippen LogP contribution in [0.2, 0.25) is 0 Å². The smallest absolute Gasteiger partial charge is 0.317 e. The van der Waals surface area contributed by atoms with Gasteiger partial charge in [-0.05, 0) is 61.4 Å². The summed E-state index contributed by atoms with van der Waals surface area (Å²) in [5.74, 6) is 0.499. The van der Waals surface area contributed by atoms with Crippen LogP contribution in [0.3, 0.4) is 0 Å². The van der Waals surface area contributed by atoms with Crippen LogP contribution in [-0.2, 0) is 4.79 Å². The lowest BCUT2D eigenvalue weighted by Gasteiger charge is -2.33. The molecular weight excluding hydrogens is 371 g/mol. The number of nitrogens with zero attached hydrogens (tertiary/aromatic N) is 2. The van der Waals surface area contributed by atoms with Crippen LogP contribution in [0.25, 0.3) is 0 Å². The highest BCUT2D eigenvalue weighted by molar-refractivity contribution is 5.91. The minimum atomic E-state index is -0.277. The lowest BCUT2D eigenvalue weighted by Crippen LogP contribution is -2.47. The van der Waals surface area contributed by atoms with Crippen LogP contribution >= 0.6 is 0 Å². The van der Waals surface area contributed by atoms with E-state index >= 15 is 0 Å². The summed E-state index contributed by atoms with van der Waals surface area (Å²) in [6, 6.07) is 11.5. The molecule has 0 bridgehead atoms. The van der Waals surface area contributed by atoms with Gasteiger partial charge >= 0.3 is 6.03 Å². The van der Waals surface area contributed by atoms with Gasteiger partial charge in [-0.25, -0.2) is 14.2 Å². The number of halogens is 1. The normalized spacial score (nSPS) is 18.2. The second kappa shape index (κ2) is 8.59. The summed E-state index contributed by atoms with van der Waals surface area (Å²) < 4.78 is 13.2. The number of aromatic nitrogens is 1. The lowest BCUT2D eigenvalue weighted by atomic mass is 9.96. The molecule has 2 aliphatic rings. The summed E-state index contributed by atoms with van der Waals surface area (Å²) in [5, 5.41) is 5.96. The van der Waals surface area contributed by atoms with Crippen LogP contribution in [0.4, 0.5) is 15.0 Å². The van der Waals surface area contributed by atoms with Crippen molar-refractivity contribution in [3.63, 3.8) is 0 Å². The van der Waals surface area contributed by atoms with Gasteiger partial charge in [-0.15, -0.1) is 0 Å². The molecule has 2 heterocycles. The molecular formula is C22H25FN4O2. The molecule has 1 atom stereocenters. The first kappa shape index (κ1) is 19.4. The van der Waals surface area contributed by atoms with Gasteiger partial charge in [-0.3, -0.25) is 4.79 Å². The van der Waals surface area contributed by atoms with Gasteiger partial charge in [0.1, 0.15) is 11.6 Å². The van der Waals surface area contributed by atoms with Gasteiger partial charge in [-0.1, -0.05) is 18.2 Å². The van der Waals surface area contributed by atoms with E-state index in [9.17, 15) is 14.0 Å². The number of anilines is 1. The fourth-order valence-corrected chi connectivity index (χ4v) is 3.81. The molecule has 2 N–H and O–H groups in total. The standard InChI is InChI=1S/C22H25FN4O2/c23-18-8-6-16(7-9-18)20(15-4-5-15)26-22(29)27-13-10-17(11-14-27)21(28)25-19-3-1-2-12-24-19/h1-3,6-9,12,15,17,20H,4-5,10-11,13-14H2,(H,26,29)(H,24,25,28). The molecule has 2 fully saturated rings. The summed E-state index contributed by atoms with van der Waals surface area (Å²) in [5.41, 5.74) is 0.937. The Bertz CT molecular complexity index is 847. The zero-order valence-electron chi connectivity index (χ0n) is 16.2. The van der Waals surface area contributed by atoms with Crippen molar-refractivity contribution in [2.75, 3.05) is 18.4 Å². The van der Waals surface area contributed by atoms with Crippen molar-refractivity contribution in [3.05, 3.63) is 60.0 Å². The molecule has 4 rings (SSSR count). The van der Waals surface area contributed by atoms with E-state index in [0.717, 1.165) is 18.4 Å². The third-order valence-electron chi connectivity index (χ3n) is 5.67. The average molecular weight is 396 g/mol. The van der Waals surface area contributed by atoms with E-state index in [2.05, 4.69) is 15.6 Å². The Labute approximate surface area is 169 Å². The minimum Gasteiger partial charge on any atom is -0.331 e. The van der Waals surface area contributed by atoms with Gasteiger partial charge in [0, 0.05) is 25.2 Å². The quantitative estimate of drug-likeness (QED) is 0.809. The fraction of sp³-hybridized carbons (Fsp3) is 0.409. The number of nitrogens with one attached hydrogen (secondary N) is 2. The summed E-state index contributed by atoms with van der Waals surface area (Å²) >= 11 is 0. The second-order valence-corrected chi connectivity index (χ2v) is 7.78. The number of piperidine rings is 1. The zero-order chi connectivity index (χ0) is 20.2. The number of amides is 3. The predicted octanol–water partition coefficient (Wildman–Crippen LogP) is 3.73. The van der Waals surface area contributed by atoms with Gasteiger partial charge in [0.05, 0.1) is 6.04 Å². The van der Waals surface area contributed by atoms with Gasteiger partial charge in [0.15, 0.2) is 0 Å². The maximum atomic E-state index is 13.2. The maximum Gasteiger partial charge on any atom is 0.317 e. The van der Waals surface area contributed by atoms with Crippen molar-refractivity contribution in [2.45, 2.75) is 31.7 Å². The van der Waals surface area contributed by atoms with Gasteiger partial charge in [0.2, 0.25) is 5.91 Å². The van der Waals surface area contributed by atoms with E-state index in [1.807, 2.05) is 6.07 Å². The Morgan fingerprint density at radius 1 is 1.03 bits per heavy atom. The zero-order valence-corrected chi connectivity index (χ0v) is 16.2. The number of carbonyl (C=O) groups excluding carboxylic acids is 2. The molecule has 3 amide bonds. The Balaban J connectivity index is 1.30. The van der Waals surface area contributed by atoms with E-state index in [1.165, 1.54) is 12.1 Å². The van der Waals surface area contributed by atoms with Crippen LogP contribution in [0.1, 0.15) is 37.3 Å². The molecule has 1 saturated heterocycles. The molecule has 1 saturated carbocycles. The largest absolute Gasteiger partial charge is 0.331 e. The Hall–Kier alpha value is -2.96. The molecule has 1 unspecified atom stereocenters. The molecule has 29 heavy (non-hydrogen) atoms. The third kappa shape index (κ3) is 4.91. The van der Waals surface area contributed by atoms with Gasteiger partial charge in [0.25, 0.3) is 0 Å². The highest BCUT2D eigenvalue weighted by atomic mass is 19.1. The summed E-state index contributed by atoms with van der Waals surface area (Å²) in [7, 11) is 0. The molecule has 1 aliphatic heterocycles. The van der Waals surface area contributed by atoms with Crippen LogP contribution in [0.15, 0.2) is 48.7 Å². The number of likely N-dealkylation sites (tertiary alicyclic amines) is 1. The molecule has 0 radical (unpaired) electrons. The number of hydrogen-bond donors (Lipinski definition) is 2. The molecule has 152 valence electrons. The van der Waals surface area contributed by atoms with Gasteiger partial charge < -0.3 is 15.5 Å². The third-order valence-corrected chi connectivity index (χ3v) is 5.67. The van der Waals surface area contributed by atoms with Crippen molar-refractivity contribution >= 4 is 17.8 Å². The van der Waals surface area contributed by atoms with Gasteiger partial charge in [-0.2, -0.15) is 0 Å². The Morgan fingerprint density at radius 3 is 2.38 bits per heavy atom. The second-order valence-electron chi connectivity index (χ2n) is 7.78. The van der Waals surface area contributed by atoms with Crippen LogP contribution in [0.5, 0.6) is 0 Å². The van der Waals surface area contributed by atoms with E-state index in [0.29, 0.717) is 37.7 Å². The average Bonchev–Trinajstić information content (AvgIpc) is 3.59. The summed E-state index contributed by atoms with van der Waals surface area (Å²) in [6.07, 6.45) is 5.02. The molecule has 1 aromatic heterocycles. The highest BCUT2D eigenvalue weighted by Gasteiger charge is 2.35. The topological polar surface area (TPSA) is 74.3 Å². The summed E-state index contributed by atoms with van der Waals surface area (Å²) in [6.45, 7) is 1.07. The SMILES string of the molecule is O=C(Nc1ccccn1)C1CCN(C(=O)NC(c2ccc(F)cc2)C2CC2)CC1. The number of hydrogen-bond acceptors (Lipinski definition) is 3. The lowest BCUT2D eigenvalue weighted by molar-refractivity contribution is -0.121. The molecule has 2 aromatic rings. The molecule has 6 nitrogen and oxygen atoms in total. The minimum absolute atomic E-state index is 0.0501. The summed E-state index contributed by atoms with van der Waals surface area (Å²) in [4.78, 5) is 31.1. The number of carbonyl (C=O) groups is 2. The van der Waals surface area contributed by atoms with Crippen molar-refractivity contribution in [2.24, 2.45) is 11.8 Å². The van der Waals surface area contributed by atoms with Crippen molar-refractivity contribution in [1.29, 1.82) is 0 Å². The van der Waals surface area contributed by atoms with E-state index < -0.39 is 0 Å². The first-order valence-electron chi connectivity index (χ1n) is 10.1.